The second-order valence-corrected chi connectivity index (χ2v) is 6.04. The molecule has 0 fully saturated rings. The maximum Gasteiger partial charge on any atom is 0.0897 e. The van der Waals surface area contributed by atoms with Crippen LogP contribution >= 0.6 is 11.3 Å². The predicted octanol–water partition coefficient (Wildman–Crippen LogP) is 2.54. The van der Waals surface area contributed by atoms with Crippen molar-refractivity contribution in [2.75, 3.05) is 26.3 Å². The molecular weight excluding hydrogens is 272 g/mol. The highest BCUT2D eigenvalue weighted by atomic mass is 32.1. The van der Waals surface area contributed by atoms with Crippen LogP contribution < -0.4 is 5.32 Å². The van der Waals surface area contributed by atoms with E-state index in [0.717, 1.165) is 18.7 Å². The zero-order valence-electron chi connectivity index (χ0n) is 12.7. The van der Waals surface area contributed by atoms with E-state index in [1.165, 1.54) is 30.6 Å². The number of rotatable bonds is 12. The van der Waals surface area contributed by atoms with Crippen LogP contribution in [-0.2, 0) is 11.2 Å². The number of aromatic nitrogens is 1. The van der Waals surface area contributed by atoms with Crippen LogP contribution in [0.15, 0.2) is 5.51 Å². The van der Waals surface area contributed by atoms with Crippen LogP contribution in [-0.4, -0.2) is 42.5 Å². The summed E-state index contributed by atoms with van der Waals surface area (Å²) in [6.07, 6.45) is 5.48. The van der Waals surface area contributed by atoms with E-state index in [2.05, 4.69) is 17.2 Å². The number of hydrogen-bond donors (Lipinski definition) is 2. The van der Waals surface area contributed by atoms with Gasteiger partial charge in [0.25, 0.3) is 0 Å². The molecule has 0 bridgehead atoms. The third-order valence-electron chi connectivity index (χ3n) is 3.22. The van der Waals surface area contributed by atoms with Crippen molar-refractivity contribution in [1.29, 1.82) is 0 Å². The van der Waals surface area contributed by atoms with Gasteiger partial charge in [0.1, 0.15) is 0 Å². The van der Waals surface area contributed by atoms with Crippen LogP contribution in [0.4, 0.5) is 0 Å². The van der Waals surface area contributed by atoms with E-state index in [1.807, 2.05) is 12.4 Å². The Morgan fingerprint density at radius 2 is 2.25 bits per heavy atom. The second kappa shape index (κ2) is 11.2. The van der Waals surface area contributed by atoms with Crippen molar-refractivity contribution in [3.05, 3.63) is 16.1 Å². The fourth-order valence-corrected chi connectivity index (χ4v) is 2.72. The molecule has 1 heterocycles. The summed E-state index contributed by atoms with van der Waals surface area (Å²) in [4.78, 5) is 5.48. The van der Waals surface area contributed by atoms with Crippen molar-refractivity contribution in [2.45, 2.75) is 52.1 Å². The minimum Gasteiger partial charge on any atom is -0.389 e. The first-order chi connectivity index (χ1) is 9.74. The van der Waals surface area contributed by atoms with Gasteiger partial charge in [-0.05, 0) is 19.9 Å². The molecule has 116 valence electrons. The molecule has 0 radical (unpaired) electrons. The van der Waals surface area contributed by atoms with E-state index in [-0.39, 0.29) is 0 Å². The number of unbranched alkanes of at least 4 members (excludes halogenated alkanes) is 3. The quantitative estimate of drug-likeness (QED) is 0.583. The van der Waals surface area contributed by atoms with Gasteiger partial charge in [0.2, 0.25) is 0 Å². The zero-order chi connectivity index (χ0) is 14.6. The molecule has 0 amide bonds. The monoisotopic (exact) mass is 300 g/mol. The third kappa shape index (κ3) is 7.94. The number of nitrogens with zero attached hydrogens (tertiary/aromatic N) is 1. The van der Waals surface area contributed by atoms with Gasteiger partial charge in [0, 0.05) is 17.8 Å². The average molecular weight is 300 g/mol. The number of hydrogen-bond acceptors (Lipinski definition) is 5. The number of thiazole rings is 1. The number of aryl methyl sites for hydroxylation is 1. The van der Waals surface area contributed by atoms with E-state index in [9.17, 15) is 5.11 Å². The lowest BCUT2D eigenvalue weighted by molar-refractivity contribution is 0.0385. The Morgan fingerprint density at radius 1 is 1.40 bits per heavy atom. The highest BCUT2D eigenvalue weighted by Crippen LogP contribution is 2.12. The molecule has 0 aliphatic rings. The summed E-state index contributed by atoms with van der Waals surface area (Å²) in [7, 11) is 0. The molecule has 1 aromatic rings. The Bertz CT molecular complexity index is 344. The molecule has 1 atom stereocenters. The molecule has 4 nitrogen and oxygen atoms in total. The maximum atomic E-state index is 9.77. The number of aliphatic hydroxyl groups is 1. The van der Waals surface area contributed by atoms with Crippen LogP contribution in [0.25, 0.3) is 0 Å². The lowest BCUT2D eigenvalue weighted by Gasteiger charge is -2.12. The Kier molecular flexibility index (Phi) is 9.83. The van der Waals surface area contributed by atoms with Crippen LogP contribution in [0.2, 0.25) is 0 Å². The zero-order valence-corrected chi connectivity index (χ0v) is 13.5. The average Bonchev–Trinajstić information content (AvgIpc) is 2.84. The normalized spacial score (nSPS) is 12.8. The Hall–Kier alpha value is -0.490. The first-order valence-corrected chi connectivity index (χ1v) is 8.47. The highest BCUT2D eigenvalue weighted by molar-refractivity contribution is 7.09. The van der Waals surface area contributed by atoms with E-state index in [0.29, 0.717) is 19.8 Å². The van der Waals surface area contributed by atoms with Gasteiger partial charge in [0.05, 0.1) is 30.5 Å². The van der Waals surface area contributed by atoms with E-state index in [1.54, 1.807) is 11.3 Å². The molecule has 20 heavy (non-hydrogen) atoms. The van der Waals surface area contributed by atoms with Gasteiger partial charge in [-0.2, -0.15) is 0 Å². The summed E-state index contributed by atoms with van der Waals surface area (Å²) >= 11 is 1.67. The molecule has 0 aliphatic heterocycles. The Labute approximate surface area is 126 Å². The lowest BCUT2D eigenvalue weighted by atomic mass is 10.2. The minimum atomic E-state index is -0.413. The largest absolute Gasteiger partial charge is 0.389 e. The molecule has 0 spiro atoms. The van der Waals surface area contributed by atoms with Crippen molar-refractivity contribution in [3.63, 3.8) is 0 Å². The van der Waals surface area contributed by atoms with Gasteiger partial charge in [-0.1, -0.05) is 26.2 Å². The van der Waals surface area contributed by atoms with Gasteiger partial charge in [0.15, 0.2) is 0 Å². The highest BCUT2D eigenvalue weighted by Gasteiger charge is 2.05. The Morgan fingerprint density at radius 3 is 2.95 bits per heavy atom. The second-order valence-electron chi connectivity index (χ2n) is 5.10. The molecule has 1 rings (SSSR count). The summed E-state index contributed by atoms with van der Waals surface area (Å²) in [6.45, 7) is 6.88. The van der Waals surface area contributed by atoms with Crippen molar-refractivity contribution in [2.24, 2.45) is 0 Å². The smallest absolute Gasteiger partial charge is 0.0897 e. The number of ether oxygens (including phenoxy) is 1. The first kappa shape index (κ1) is 17.6. The topological polar surface area (TPSA) is 54.4 Å². The Balaban J connectivity index is 1.92. The third-order valence-corrected chi connectivity index (χ3v) is 4.21. The molecule has 1 unspecified atom stereocenters. The SMILES string of the molecule is CCCCCCNCC(O)COCCc1scnc1C. The van der Waals surface area contributed by atoms with Gasteiger partial charge in [-0.15, -0.1) is 11.3 Å². The molecule has 5 heteroatoms. The number of nitrogens with one attached hydrogen (secondary N) is 1. The number of aliphatic hydroxyl groups excluding tert-OH is 1. The predicted molar refractivity (Wildman–Crippen MR) is 84.4 cm³/mol. The van der Waals surface area contributed by atoms with Crippen LogP contribution in [0.5, 0.6) is 0 Å². The maximum absolute atomic E-state index is 9.77. The van der Waals surface area contributed by atoms with Crippen molar-refractivity contribution in [3.8, 4) is 0 Å². The van der Waals surface area contributed by atoms with Gasteiger partial charge >= 0.3 is 0 Å². The van der Waals surface area contributed by atoms with Gasteiger partial charge in [-0.25, -0.2) is 4.98 Å². The minimum absolute atomic E-state index is 0.403. The molecule has 0 saturated carbocycles. The summed E-state index contributed by atoms with van der Waals surface area (Å²) in [5.74, 6) is 0. The molecule has 0 saturated heterocycles. The van der Waals surface area contributed by atoms with Crippen molar-refractivity contribution < 1.29 is 9.84 Å². The van der Waals surface area contributed by atoms with Crippen molar-refractivity contribution in [1.82, 2.24) is 10.3 Å². The molecule has 0 aliphatic carbocycles. The lowest BCUT2D eigenvalue weighted by Crippen LogP contribution is -2.31. The van der Waals surface area contributed by atoms with Gasteiger partial charge < -0.3 is 15.2 Å². The fraction of sp³-hybridized carbons (Fsp3) is 0.800. The summed E-state index contributed by atoms with van der Waals surface area (Å²) in [5.41, 5.74) is 2.95. The molecular formula is C15H28N2O2S. The van der Waals surface area contributed by atoms with E-state index < -0.39 is 6.10 Å². The molecule has 2 N–H and O–H groups in total. The van der Waals surface area contributed by atoms with E-state index >= 15 is 0 Å². The fourth-order valence-electron chi connectivity index (χ4n) is 1.95. The summed E-state index contributed by atoms with van der Waals surface area (Å²) in [6, 6.07) is 0. The molecule has 1 aromatic heterocycles. The van der Waals surface area contributed by atoms with Crippen LogP contribution in [0.1, 0.15) is 43.2 Å². The first-order valence-electron chi connectivity index (χ1n) is 7.59. The molecule has 0 aromatic carbocycles. The van der Waals surface area contributed by atoms with Crippen molar-refractivity contribution >= 4 is 11.3 Å². The summed E-state index contributed by atoms with van der Waals surface area (Å²) in [5, 5.41) is 13.0. The van der Waals surface area contributed by atoms with Crippen LogP contribution in [0.3, 0.4) is 0 Å². The van der Waals surface area contributed by atoms with Crippen LogP contribution in [0, 0.1) is 6.92 Å². The van der Waals surface area contributed by atoms with E-state index in [4.69, 9.17) is 4.74 Å². The van der Waals surface area contributed by atoms with Gasteiger partial charge in [-0.3, -0.25) is 0 Å². The standard InChI is InChI=1S/C15H28N2O2S/c1-3-4-5-6-8-16-10-14(18)11-19-9-7-15-13(2)17-12-20-15/h12,14,16,18H,3-11H2,1-2H3. The summed E-state index contributed by atoms with van der Waals surface area (Å²) < 4.78 is 5.51.